The number of hydrogen-bond donors (Lipinski definition) is 2. The lowest BCUT2D eigenvalue weighted by atomic mass is 9.96. The van der Waals surface area contributed by atoms with Gasteiger partial charge in [-0.25, -0.2) is 8.42 Å². The van der Waals surface area contributed by atoms with Crippen molar-refractivity contribution in [2.75, 3.05) is 25.0 Å². The quantitative estimate of drug-likeness (QED) is 0.803. The second-order valence-corrected chi connectivity index (χ2v) is 9.85. The Kier molecular flexibility index (Phi) is 5.18. The summed E-state index contributed by atoms with van der Waals surface area (Å²) < 4.78 is 32.5. The zero-order chi connectivity index (χ0) is 19.8. The van der Waals surface area contributed by atoms with Crippen molar-refractivity contribution >= 4 is 27.5 Å². The van der Waals surface area contributed by atoms with Crippen LogP contribution in [0.5, 0.6) is 5.75 Å². The minimum Gasteiger partial charge on any atom is -0.482 e. The lowest BCUT2D eigenvalue weighted by Crippen LogP contribution is -2.47. The molecule has 2 amide bonds. The van der Waals surface area contributed by atoms with Gasteiger partial charge in [-0.15, -0.1) is 0 Å². The molecule has 2 aliphatic rings. The van der Waals surface area contributed by atoms with Crippen LogP contribution in [0.4, 0.5) is 5.69 Å². The number of hydrogen-bond acceptors (Lipinski definition) is 5. The Hall–Kier alpha value is -2.13. The molecule has 9 heteroatoms. The number of nitrogens with one attached hydrogen (secondary N) is 2. The highest BCUT2D eigenvalue weighted by molar-refractivity contribution is 7.89. The van der Waals surface area contributed by atoms with Crippen molar-refractivity contribution in [1.29, 1.82) is 0 Å². The lowest BCUT2D eigenvalue weighted by Gasteiger charge is -2.32. The molecule has 0 aromatic heterocycles. The maximum atomic E-state index is 12.9. The van der Waals surface area contributed by atoms with Crippen LogP contribution >= 0.6 is 0 Å². The van der Waals surface area contributed by atoms with Crippen LogP contribution in [0.2, 0.25) is 0 Å². The molecule has 2 heterocycles. The van der Waals surface area contributed by atoms with Crippen molar-refractivity contribution in [3.05, 3.63) is 18.2 Å². The molecule has 0 bridgehead atoms. The summed E-state index contributed by atoms with van der Waals surface area (Å²) in [5.41, 5.74) is 0.0439. The number of amides is 2. The fourth-order valence-electron chi connectivity index (χ4n) is 3.20. The van der Waals surface area contributed by atoms with E-state index in [1.807, 2.05) is 20.8 Å². The number of sulfonamides is 1. The smallest absolute Gasteiger partial charge is 0.262 e. The standard InChI is InChI=1S/C18H25N3O5S/c1-18(2,3)20-17(23)12-6-8-21(9-7-12)27(24,25)13-4-5-15-14(10-13)19-16(22)11-26-15/h4-5,10,12H,6-9,11H2,1-3H3,(H,19,22)(H,20,23). The van der Waals surface area contributed by atoms with Crippen molar-refractivity contribution in [2.24, 2.45) is 5.92 Å². The lowest BCUT2D eigenvalue weighted by molar-refractivity contribution is -0.127. The molecule has 1 fully saturated rings. The van der Waals surface area contributed by atoms with Crippen LogP contribution in [0.3, 0.4) is 0 Å². The fraction of sp³-hybridized carbons (Fsp3) is 0.556. The molecule has 2 N–H and O–H groups in total. The maximum Gasteiger partial charge on any atom is 0.262 e. The van der Waals surface area contributed by atoms with E-state index < -0.39 is 10.0 Å². The van der Waals surface area contributed by atoms with Crippen molar-refractivity contribution in [1.82, 2.24) is 9.62 Å². The molecule has 1 saturated heterocycles. The molecule has 27 heavy (non-hydrogen) atoms. The molecule has 0 spiro atoms. The number of benzene rings is 1. The first-order valence-electron chi connectivity index (χ1n) is 8.95. The van der Waals surface area contributed by atoms with Gasteiger partial charge in [0.1, 0.15) is 5.75 Å². The number of anilines is 1. The van der Waals surface area contributed by atoms with Crippen molar-refractivity contribution in [3.8, 4) is 5.75 Å². The highest BCUT2D eigenvalue weighted by atomic mass is 32.2. The third-order valence-electron chi connectivity index (χ3n) is 4.54. The molecule has 0 atom stereocenters. The summed E-state index contributed by atoms with van der Waals surface area (Å²) in [6.07, 6.45) is 0.956. The zero-order valence-electron chi connectivity index (χ0n) is 15.7. The first kappa shape index (κ1) is 19.6. The first-order valence-corrected chi connectivity index (χ1v) is 10.4. The van der Waals surface area contributed by atoms with E-state index in [2.05, 4.69) is 10.6 Å². The SMILES string of the molecule is CC(C)(C)NC(=O)C1CCN(S(=O)(=O)c2ccc3c(c2)NC(=O)CO3)CC1. The molecule has 0 unspecified atom stereocenters. The Bertz CT molecular complexity index is 852. The van der Waals surface area contributed by atoms with Gasteiger partial charge in [-0.2, -0.15) is 4.31 Å². The van der Waals surface area contributed by atoms with Crippen molar-refractivity contribution < 1.29 is 22.7 Å². The van der Waals surface area contributed by atoms with Crippen LogP contribution in [0.25, 0.3) is 0 Å². The van der Waals surface area contributed by atoms with Crippen LogP contribution in [0.15, 0.2) is 23.1 Å². The van der Waals surface area contributed by atoms with E-state index in [0.717, 1.165) is 0 Å². The average molecular weight is 395 g/mol. The second-order valence-electron chi connectivity index (χ2n) is 7.91. The van der Waals surface area contributed by atoms with Gasteiger partial charge in [0.15, 0.2) is 6.61 Å². The van der Waals surface area contributed by atoms with Gasteiger partial charge < -0.3 is 15.4 Å². The fourth-order valence-corrected chi connectivity index (χ4v) is 4.70. The van der Waals surface area contributed by atoms with Crippen molar-refractivity contribution in [2.45, 2.75) is 44.0 Å². The molecule has 2 aliphatic heterocycles. The Morgan fingerprint density at radius 1 is 1.26 bits per heavy atom. The minimum atomic E-state index is -3.70. The van der Waals surface area contributed by atoms with Crippen LogP contribution in [-0.2, 0) is 19.6 Å². The topological polar surface area (TPSA) is 105 Å². The minimum absolute atomic E-state index is 0.0341. The predicted octanol–water partition coefficient (Wildman–Crippen LogP) is 1.33. The molecule has 0 radical (unpaired) electrons. The van der Waals surface area contributed by atoms with E-state index in [0.29, 0.717) is 24.3 Å². The largest absolute Gasteiger partial charge is 0.482 e. The maximum absolute atomic E-state index is 12.9. The van der Waals surface area contributed by atoms with Gasteiger partial charge in [0.25, 0.3) is 5.91 Å². The van der Waals surface area contributed by atoms with E-state index in [4.69, 9.17) is 4.74 Å². The Balaban J connectivity index is 1.70. The molecule has 148 valence electrons. The van der Waals surface area contributed by atoms with Crippen LogP contribution in [-0.4, -0.2) is 49.8 Å². The normalized spacial score (nSPS) is 19.0. The Morgan fingerprint density at radius 2 is 1.93 bits per heavy atom. The monoisotopic (exact) mass is 395 g/mol. The highest BCUT2D eigenvalue weighted by Crippen LogP contribution is 2.32. The number of carbonyl (C=O) groups excluding carboxylic acids is 2. The first-order chi connectivity index (χ1) is 12.6. The number of carbonyl (C=O) groups is 2. The summed E-state index contributed by atoms with van der Waals surface area (Å²) in [6.45, 7) is 6.24. The van der Waals surface area contributed by atoms with Gasteiger partial charge >= 0.3 is 0 Å². The third kappa shape index (κ3) is 4.41. The average Bonchev–Trinajstić information content (AvgIpc) is 2.59. The van der Waals surface area contributed by atoms with Crippen LogP contribution in [0.1, 0.15) is 33.6 Å². The molecule has 8 nitrogen and oxygen atoms in total. The van der Waals surface area contributed by atoms with Gasteiger partial charge in [0, 0.05) is 24.5 Å². The van der Waals surface area contributed by atoms with E-state index in [-0.39, 0.29) is 47.9 Å². The van der Waals surface area contributed by atoms with Crippen LogP contribution < -0.4 is 15.4 Å². The number of rotatable bonds is 3. The highest BCUT2D eigenvalue weighted by Gasteiger charge is 2.33. The summed E-state index contributed by atoms with van der Waals surface area (Å²) in [7, 11) is -3.70. The van der Waals surface area contributed by atoms with Gasteiger partial charge in [-0.05, 0) is 51.8 Å². The van der Waals surface area contributed by atoms with Gasteiger partial charge in [0.2, 0.25) is 15.9 Å². The number of piperidine rings is 1. The molecule has 3 rings (SSSR count). The van der Waals surface area contributed by atoms with E-state index in [9.17, 15) is 18.0 Å². The molecule has 1 aromatic rings. The number of ether oxygens (including phenoxy) is 1. The van der Waals surface area contributed by atoms with Gasteiger partial charge in [-0.1, -0.05) is 0 Å². The number of nitrogens with zero attached hydrogens (tertiary/aromatic N) is 1. The van der Waals surface area contributed by atoms with E-state index >= 15 is 0 Å². The second kappa shape index (κ2) is 7.12. The van der Waals surface area contributed by atoms with Gasteiger partial charge in [0.05, 0.1) is 10.6 Å². The van der Waals surface area contributed by atoms with Crippen molar-refractivity contribution in [3.63, 3.8) is 0 Å². The molecule has 0 aliphatic carbocycles. The molecule has 0 saturated carbocycles. The summed E-state index contributed by atoms with van der Waals surface area (Å²) in [5, 5.41) is 5.57. The zero-order valence-corrected chi connectivity index (χ0v) is 16.6. The summed E-state index contributed by atoms with van der Waals surface area (Å²) in [4.78, 5) is 23.9. The number of fused-ring (bicyclic) bond motifs is 1. The van der Waals surface area contributed by atoms with Gasteiger partial charge in [-0.3, -0.25) is 9.59 Å². The Labute approximate surface area is 159 Å². The van der Waals surface area contributed by atoms with E-state index in [1.54, 1.807) is 6.07 Å². The predicted molar refractivity (Wildman–Crippen MR) is 99.9 cm³/mol. The third-order valence-corrected chi connectivity index (χ3v) is 6.44. The molecular weight excluding hydrogens is 370 g/mol. The summed E-state index contributed by atoms with van der Waals surface area (Å²) in [5.74, 6) is -0.0890. The van der Waals surface area contributed by atoms with Crippen LogP contribution in [0, 0.1) is 5.92 Å². The molecular formula is C18H25N3O5S. The summed E-state index contributed by atoms with van der Waals surface area (Å²) >= 11 is 0. The van der Waals surface area contributed by atoms with E-state index in [1.165, 1.54) is 16.4 Å². The molecule has 1 aromatic carbocycles. The summed E-state index contributed by atoms with van der Waals surface area (Å²) in [6, 6.07) is 4.44. The Morgan fingerprint density at radius 3 is 2.56 bits per heavy atom.